The van der Waals surface area contributed by atoms with E-state index in [1.54, 1.807) is 11.3 Å². The fourth-order valence-electron chi connectivity index (χ4n) is 5.29. The van der Waals surface area contributed by atoms with Gasteiger partial charge in [0.15, 0.2) is 0 Å². The second kappa shape index (κ2) is 9.55. The topological polar surface area (TPSA) is 54.7 Å². The standard InChI is InChI=1S/C27H31FN2O3S/c1-18-16-24(34-25(18)26(31)29-17-23-11-6-19(2)33-23)30-14-12-21(27(30)13-15-32-27)5-3-4-20-7-9-22(28)10-8-20/h6-11,16,21H,3-5,12-15,17H2,1-2H3,(H,29,31). The van der Waals surface area contributed by atoms with Gasteiger partial charge in [0.2, 0.25) is 0 Å². The molecule has 5 nitrogen and oxygen atoms in total. The van der Waals surface area contributed by atoms with E-state index >= 15 is 0 Å². The van der Waals surface area contributed by atoms with Crippen LogP contribution in [0.25, 0.3) is 0 Å². The van der Waals surface area contributed by atoms with Gasteiger partial charge in [-0.3, -0.25) is 4.79 Å². The average molecular weight is 483 g/mol. The molecule has 0 aliphatic carbocycles. The first-order valence-corrected chi connectivity index (χ1v) is 12.9. The number of hydrogen-bond donors (Lipinski definition) is 1. The van der Waals surface area contributed by atoms with Gasteiger partial charge in [-0.15, -0.1) is 11.3 Å². The molecular weight excluding hydrogens is 451 g/mol. The van der Waals surface area contributed by atoms with Crippen LogP contribution in [0.2, 0.25) is 0 Å². The molecule has 4 heterocycles. The Kier molecular flexibility index (Phi) is 6.49. The molecule has 2 aromatic heterocycles. The SMILES string of the molecule is Cc1ccc(CNC(=O)c2sc(N3CCC(CCCc4ccc(F)cc4)C34CCO4)cc2C)o1. The Hall–Kier alpha value is -2.64. The summed E-state index contributed by atoms with van der Waals surface area (Å²) in [6.45, 7) is 5.99. The van der Waals surface area contributed by atoms with Crippen molar-refractivity contribution >= 4 is 22.2 Å². The number of hydrogen-bond acceptors (Lipinski definition) is 5. The van der Waals surface area contributed by atoms with Crippen LogP contribution in [0.5, 0.6) is 0 Å². The lowest BCUT2D eigenvalue weighted by Crippen LogP contribution is -2.58. The molecule has 2 aliphatic rings. The molecule has 2 fully saturated rings. The minimum Gasteiger partial charge on any atom is -0.465 e. The van der Waals surface area contributed by atoms with E-state index in [4.69, 9.17) is 9.15 Å². The highest BCUT2D eigenvalue weighted by atomic mass is 32.1. The van der Waals surface area contributed by atoms with E-state index in [0.29, 0.717) is 12.5 Å². The molecule has 0 radical (unpaired) electrons. The summed E-state index contributed by atoms with van der Waals surface area (Å²) in [5.74, 6) is 1.80. The van der Waals surface area contributed by atoms with Crippen LogP contribution in [0.1, 0.15) is 58.0 Å². The van der Waals surface area contributed by atoms with Crippen LogP contribution in [0, 0.1) is 25.6 Å². The Labute approximate surface area is 203 Å². The Morgan fingerprint density at radius 1 is 1.24 bits per heavy atom. The molecule has 2 atom stereocenters. The minimum absolute atomic E-state index is 0.0681. The van der Waals surface area contributed by atoms with Crippen LogP contribution < -0.4 is 10.2 Å². The smallest absolute Gasteiger partial charge is 0.262 e. The number of carbonyl (C=O) groups is 1. The number of furan rings is 1. The van der Waals surface area contributed by atoms with Crippen LogP contribution in [0.15, 0.2) is 46.9 Å². The predicted molar refractivity (Wildman–Crippen MR) is 132 cm³/mol. The number of ether oxygens (including phenoxy) is 1. The number of amides is 1. The fraction of sp³-hybridized carbons (Fsp3) is 0.444. The molecule has 7 heteroatoms. The summed E-state index contributed by atoms with van der Waals surface area (Å²) in [7, 11) is 0. The number of rotatable bonds is 8. The normalized spacial score (nSPS) is 21.7. The van der Waals surface area contributed by atoms with Crippen molar-refractivity contribution in [3.63, 3.8) is 0 Å². The predicted octanol–water partition coefficient (Wildman–Crippen LogP) is 5.99. The Morgan fingerprint density at radius 2 is 2.03 bits per heavy atom. The van der Waals surface area contributed by atoms with Gasteiger partial charge >= 0.3 is 0 Å². The fourth-order valence-corrected chi connectivity index (χ4v) is 6.47. The number of halogens is 1. The molecule has 0 bridgehead atoms. The van der Waals surface area contributed by atoms with Gasteiger partial charge < -0.3 is 19.4 Å². The van der Waals surface area contributed by atoms with Crippen molar-refractivity contribution in [3.8, 4) is 0 Å². The van der Waals surface area contributed by atoms with Crippen molar-refractivity contribution in [3.05, 3.63) is 75.8 Å². The summed E-state index contributed by atoms with van der Waals surface area (Å²) >= 11 is 1.55. The molecule has 2 unspecified atom stereocenters. The van der Waals surface area contributed by atoms with Gasteiger partial charge in [0, 0.05) is 18.9 Å². The third-order valence-electron chi connectivity index (χ3n) is 7.14. The number of carbonyl (C=O) groups excluding carboxylic acids is 1. The van der Waals surface area contributed by atoms with E-state index in [2.05, 4.69) is 16.3 Å². The zero-order valence-corrected chi connectivity index (χ0v) is 20.6. The molecule has 2 saturated heterocycles. The van der Waals surface area contributed by atoms with Crippen LogP contribution in [-0.2, 0) is 17.7 Å². The zero-order chi connectivity index (χ0) is 23.7. The molecule has 5 rings (SSSR count). The third kappa shape index (κ3) is 4.51. The second-order valence-corrected chi connectivity index (χ2v) is 10.4. The number of thiophene rings is 1. The van der Waals surface area contributed by atoms with Crippen molar-refractivity contribution in [2.45, 2.75) is 58.2 Å². The molecule has 0 saturated carbocycles. The van der Waals surface area contributed by atoms with Crippen molar-refractivity contribution in [2.24, 2.45) is 5.92 Å². The largest absolute Gasteiger partial charge is 0.465 e. The quantitative estimate of drug-likeness (QED) is 0.428. The molecule has 3 aromatic rings. The van der Waals surface area contributed by atoms with Crippen molar-refractivity contribution < 1.29 is 18.3 Å². The van der Waals surface area contributed by atoms with Crippen LogP contribution in [-0.4, -0.2) is 24.8 Å². The second-order valence-electron chi connectivity index (χ2n) is 9.39. The van der Waals surface area contributed by atoms with E-state index in [0.717, 1.165) is 72.2 Å². The van der Waals surface area contributed by atoms with Gasteiger partial charge in [0.1, 0.15) is 23.1 Å². The van der Waals surface area contributed by atoms with Gasteiger partial charge in [-0.1, -0.05) is 12.1 Å². The average Bonchev–Trinajstić information content (AvgIpc) is 3.49. The molecule has 1 aromatic carbocycles. The summed E-state index contributed by atoms with van der Waals surface area (Å²) in [5, 5.41) is 4.09. The minimum atomic E-state index is -0.250. The Bertz CT molecular complexity index is 1150. The van der Waals surface area contributed by atoms with Crippen molar-refractivity contribution in [1.82, 2.24) is 5.32 Å². The molecule has 1 amide bonds. The summed E-state index contributed by atoms with van der Waals surface area (Å²) in [6, 6.07) is 12.7. The zero-order valence-electron chi connectivity index (χ0n) is 19.7. The number of nitrogens with zero attached hydrogens (tertiary/aromatic N) is 1. The molecule has 1 spiro atoms. The number of benzene rings is 1. The van der Waals surface area contributed by atoms with Gasteiger partial charge in [0.25, 0.3) is 5.91 Å². The van der Waals surface area contributed by atoms with Gasteiger partial charge in [-0.2, -0.15) is 0 Å². The maximum Gasteiger partial charge on any atom is 0.262 e. The first-order chi connectivity index (χ1) is 16.4. The summed E-state index contributed by atoms with van der Waals surface area (Å²) < 4.78 is 25.0. The highest BCUT2D eigenvalue weighted by molar-refractivity contribution is 7.18. The molecule has 1 N–H and O–H groups in total. The molecule has 180 valence electrons. The van der Waals surface area contributed by atoms with Crippen LogP contribution in [0.3, 0.4) is 0 Å². The van der Waals surface area contributed by atoms with Crippen molar-refractivity contribution in [1.29, 1.82) is 0 Å². The molecule has 34 heavy (non-hydrogen) atoms. The highest BCUT2D eigenvalue weighted by Crippen LogP contribution is 2.50. The Balaban J connectivity index is 1.23. The number of aryl methyl sites for hydroxylation is 3. The maximum atomic E-state index is 13.2. The summed E-state index contributed by atoms with van der Waals surface area (Å²) in [5.41, 5.74) is 1.91. The van der Waals surface area contributed by atoms with E-state index in [9.17, 15) is 9.18 Å². The van der Waals surface area contributed by atoms with Crippen molar-refractivity contribution in [2.75, 3.05) is 18.1 Å². The number of nitrogens with one attached hydrogen (secondary N) is 1. The van der Waals surface area contributed by atoms with E-state index in [-0.39, 0.29) is 17.4 Å². The first kappa shape index (κ1) is 23.1. The third-order valence-corrected chi connectivity index (χ3v) is 8.39. The van der Waals surface area contributed by atoms with E-state index in [1.165, 1.54) is 17.7 Å². The highest BCUT2D eigenvalue weighted by Gasteiger charge is 2.54. The van der Waals surface area contributed by atoms with E-state index < -0.39 is 0 Å². The Morgan fingerprint density at radius 3 is 2.71 bits per heavy atom. The first-order valence-electron chi connectivity index (χ1n) is 12.0. The van der Waals surface area contributed by atoms with E-state index in [1.807, 2.05) is 38.1 Å². The van der Waals surface area contributed by atoms with Gasteiger partial charge in [-0.25, -0.2) is 4.39 Å². The lowest BCUT2D eigenvalue weighted by Gasteiger charge is -2.49. The summed E-state index contributed by atoms with van der Waals surface area (Å²) in [4.78, 5) is 16.0. The van der Waals surface area contributed by atoms with Crippen LogP contribution >= 0.6 is 11.3 Å². The lowest BCUT2D eigenvalue weighted by atomic mass is 9.85. The van der Waals surface area contributed by atoms with Crippen LogP contribution in [0.4, 0.5) is 9.39 Å². The van der Waals surface area contributed by atoms with Gasteiger partial charge in [0.05, 0.1) is 23.0 Å². The molecular formula is C27H31FN2O3S. The monoisotopic (exact) mass is 482 g/mol. The maximum absolute atomic E-state index is 13.2. The number of anilines is 1. The molecule has 2 aliphatic heterocycles. The summed E-state index contributed by atoms with van der Waals surface area (Å²) in [6.07, 6.45) is 5.18. The lowest BCUT2D eigenvalue weighted by molar-refractivity contribution is -0.167. The van der Waals surface area contributed by atoms with Gasteiger partial charge in [-0.05, 0) is 81.0 Å².